The lowest BCUT2D eigenvalue weighted by Gasteiger charge is -2.22. The highest BCUT2D eigenvalue weighted by Crippen LogP contribution is 2.26. The lowest BCUT2D eigenvalue weighted by atomic mass is 9.87. The van der Waals surface area contributed by atoms with E-state index in [1.165, 1.54) is 36.0 Å². The lowest BCUT2D eigenvalue weighted by Crippen LogP contribution is -2.37. The van der Waals surface area contributed by atoms with Gasteiger partial charge < -0.3 is 10.1 Å². The molecular weight excluding hydrogens is 346 g/mol. The van der Waals surface area contributed by atoms with Crippen molar-refractivity contribution in [1.29, 1.82) is 0 Å². The molecule has 0 saturated heterocycles. The van der Waals surface area contributed by atoms with Gasteiger partial charge in [-0.3, -0.25) is 4.79 Å². The number of fused-ring (bicyclic) bond motifs is 1. The number of rotatable bonds is 5. The molecule has 0 heterocycles. The number of carbonyl (C=O) groups is 1. The minimum atomic E-state index is -0.541. The van der Waals surface area contributed by atoms with Crippen LogP contribution in [0.4, 0.5) is 0 Å². The zero-order valence-electron chi connectivity index (χ0n) is 17.8. The summed E-state index contributed by atoms with van der Waals surface area (Å²) in [4.78, 5) is 12.6. The van der Waals surface area contributed by atoms with Crippen molar-refractivity contribution in [3.05, 3.63) is 64.7 Å². The number of amides is 1. The molecule has 1 N–H and O–H groups in total. The minimum Gasteiger partial charge on any atom is -0.481 e. The van der Waals surface area contributed by atoms with Gasteiger partial charge in [-0.2, -0.15) is 0 Å². The van der Waals surface area contributed by atoms with Gasteiger partial charge in [-0.1, -0.05) is 51.1 Å². The zero-order chi connectivity index (χ0) is 20.3. The summed E-state index contributed by atoms with van der Waals surface area (Å²) in [5.74, 6) is 0.627. The number of ether oxygens (including phenoxy) is 1. The van der Waals surface area contributed by atoms with Gasteiger partial charge in [0, 0.05) is 0 Å². The van der Waals surface area contributed by atoms with Gasteiger partial charge in [0.25, 0.3) is 5.91 Å². The smallest absolute Gasteiger partial charge is 0.261 e. The molecule has 0 bridgehead atoms. The van der Waals surface area contributed by atoms with Gasteiger partial charge in [-0.25, -0.2) is 0 Å². The molecule has 0 radical (unpaired) electrons. The molecule has 0 aromatic heterocycles. The maximum atomic E-state index is 12.6. The number of aryl methyl sites for hydroxylation is 2. The SMILES string of the molecule is C[C@@H](Oc1ccc(C(C)(C)C)cc1)C(=O)N[C@H](C)c1ccc2c(c1)CCCC2. The summed E-state index contributed by atoms with van der Waals surface area (Å²) in [6, 6.07) is 14.6. The minimum absolute atomic E-state index is 0.0333. The van der Waals surface area contributed by atoms with Crippen LogP contribution >= 0.6 is 0 Å². The Labute approximate surface area is 169 Å². The number of hydrogen-bond donors (Lipinski definition) is 1. The molecule has 0 aliphatic heterocycles. The summed E-state index contributed by atoms with van der Waals surface area (Å²) in [7, 11) is 0. The molecule has 0 fully saturated rings. The van der Waals surface area contributed by atoms with Crippen molar-refractivity contribution in [1.82, 2.24) is 5.32 Å². The van der Waals surface area contributed by atoms with E-state index in [1.54, 1.807) is 6.92 Å². The topological polar surface area (TPSA) is 38.3 Å². The summed E-state index contributed by atoms with van der Waals surface area (Å²) in [5.41, 5.74) is 5.41. The number of benzene rings is 2. The van der Waals surface area contributed by atoms with E-state index < -0.39 is 6.10 Å². The van der Waals surface area contributed by atoms with Gasteiger partial charge in [0.15, 0.2) is 6.10 Å². The van der Waals surface area contributed by atoms with E-state index >= 15 is 0 Å². The van der Waals surface area contributed by atoms with Gasteiger partial charge in [0.2, 0.25) is 0 Å². The Morgan fingerprint density at radius 1 is 0.964 bits per heavy atom. The maximum Gasteiger partial charge on any atom is 0.261 e. The molecular formula is C25H33NO2. The second-order valence-electron chi connectivity index (χ2n) is 9.00. The van der Waals surface area contributed by atoms with Crippen molar-refractivity contribution in [2.24, 2.45) is 0 Å². The van der Waals surface area contributed by atoms with Crippen LogP contribution in [-0.4, -0.2) is 12.0 Å². The van der Waals surface area contributed by atoms with Gasteiger partial charge in [0.05, 0.1) is 6.04 Å². The third kappa shape index (κ3) is 4.95. The Bertz CT molecular complexity index is 817. The van der Waals surface area contributed by atoms with Crippen molar-refractivity contribution in [3.63, 3.8) is 0 Å². The van der Waals surface area contributed by atoms with Crippen LogP contribution in [0.1, 0.15) is 75.8 Å². The second-order valence-corrected chi connectivity index (χ2v) is 9.00. The third-order valence-electron chi connectivity index (χ3n) is 5.63. The Balaban J connectivity index is 1.59. The molecule has 3 nitrogen and oxygen atoms in total. The summed E-state index contributed by atoms with van der Waals surface area (Å²) >= 11 is 0. The van der Waals surface area contributed by atoms with E-state index in [2.05, 4.69) is 56.4 Å². The van der Waals surface area contributed by atoms with Crippen LogP contribution in [-0.2, 0) is 23.1 Å². The largest absolute Gasteiger partial charge is 0.481 e. The van der Waals surface area contributed by atoms with Gasteiger partial charge in [-0.05, 0) is 79.3 Å². The quantitative estimate of drug-likeness (QED) is 0.744. The first-order valence-corrected chi connectivity index (χ1v) is 10.4. The van der Waals surface area contributed by atoms with E-state index in [-0.39, 0.29) is 17.4 Å². The fourth-order valence-corrected chi connectivity index (χ4v) is 3.73. The first-order valence-electron chi connectivity index (χ1n) is 10.4. The van der Waals surface area contributed by atoms with Crippen LogP contribution in [0.15, 0.2) is 42.5 Å². The molecule has 0 unspecified atom stereocenters. The van der Waals surface area contributed by atoms with Crippen molar-refractivity contribution in [2.45, 2.75) is 77.9 Å². The van der Waals surface area contributed by atoms with Gasteiger partial charge >= 0.3 is 0 Å². The Morgan fingerprint density at radius 2 is 1.61 bits per heavy atom. The predicted octanol–water partition coefficient (Wildman–Crippen LogP) is 5.51. The normalized spacial score (nSPS) is 16.0. The van der Waals surface area contributed by atoms with Gasteiger partial charge in [0.1, 0.15) is 5.75 Å². The highest BCUT2D eigenvalue weighted by atomic mass is 16.5. The molecule has 1 aliphatic rings. The number of nitrogens with one attached hydrogen (secondary N) is 1. The molecule has 2 aromatic rings. The Morgan fingerprint density at radius 3 is 2.25 bits per heavy atom. The van der Waals surface area contributed by atoms with E-state index in [0.29, 0.717) is 0 Å². The molecule has 1 aliphatic carbocycles. The van der Waals surface area contributed by atoms with Crippen LogP contribution in [0.3, 0.4) is 0 Å². The van der Waals surface area contributed by atoms with E-state index in [4.69, 9.17) is 4.74 Å². The maximum absolute atomic E-state index is 12.6. The van der Waals surface area contributed by atoms with E-state index in [9.17, 15) is 4.79 Å². The van der Waals surface area contributed by atoms with Crippen molar-refractivity contribution in [2.75, 3.05) is 0 Å². The third-order valence-corrected chi connectivity index (χ3v) is 5.63. The molecule has 2 aromatic carbocycles. The first-order chi connectivity index (χ1) is 13.2. The number of carbonyl (C=O) groups excluding carboxylic acids is 1. The average Bonchev–Trinajstić information content (AvgIpc) is 2.67. The molecule has 3 rings (SSSR count). The molecule has 1 amide bonds. The number of hydrogen-bond acceptors (Lipinski definition) is 2. The second kappa shape index (κ2) is 8.38. The summed E-state index contributed by atoms with van der Waals surface area (Å²) in [6.45, 7) is 10.4. The van der Waals surface area contributed by atoms with Crippen molar-refractivity contribution in [3.8, 4) is 5.75 Å². The van der Waals surface area contributed by atoms with Crippen LogP contribution in [0.2, 0.25) is 0 Å². The molecule has 0 saturated carbocycles. The summed E-state index contributed by atoms with van der Waals surface area (Å²) < 4.78 is 5.86. The lowest BCUT2D eigenvalue weighted by molar-refractivity contribution is -0.127. The van der Waals surface area contributed by atoms with Gasteiger partial charge in [-0.15, -0.1) is 0 Å². The standard InChI is InChI=1S/C25H33NO2/c1-17(20-11-10-19-8-6-7-9-21(19)16-20)26-24(27)18(2)28-23-14-12-22(13-15-23)25(3,4)5/h10-18H,6-9H2,1-5H3,(H,26,27)/t17-,18-/m1/s1. The fourth-order valence-electron chi connectivity index (χ4n) is 3.73. The average molecular weight is 380 g/mol. The predicted molar refractivity (Wildman–Crippen MR) is 115 cm³/mol. The summed E-state index contributed by atoms with van der Waals surface area (Å²) in [6.07, 6.45) is 4.32. The van der Waals surface area contributed by atoms with Crippen molar-refractivity contribution < 1.29 is 9.53 Å². The highest BCUT2D eigenvalue weighted by Gasteiger charge is 2.20. The zero-order valence-corrected chi connectivity index (χ0v) is 17.8. The Hall–Kier alpha value is -2.29. The van der Waals surface area contributed by atoms with Crippen molar-refractivity contribution >= 4 is 5.91 Å². The first kappa shape index (κ1) is 20.4. The molecule has 28 heavy (non-hydrogen) atoms. The molecule has 150 valence electrons. The van der Waals surface area contributed by atoms with Crippen LogP contribution in [0, 0.1) is 0 Å². The highest BCUT2D eigenvalue weighted by molar-refractivity contribution is 5.81. The monoisotopic (exact) mass is 379 g/mol. The van der Waals surface area contributed by atoms with Crippen LogP contribution < -0.4 is 10.1 Å². The Kier molecular flexibility index (Phi) is 6.12. The van der Waals surface area contributed by atoms with Crippen LogP contribution in [0.5, 0.6) is 5.75 Å². The van der Waals surface area contributed by atoms with E-state index in [1.807, 2.05) is 19.1 Å². The molecule has 3 heteroatoms. The van der Waals surface area contributed by atoms with E-state index in [0.717, 1.165) is 17.7 Å². The summed E-state index contributed by atoms with van der Waals surface area (Å²) in [5, 5.41) is 3.09. The fraction of sp³-hybridized carbons (Fsp3) is 0.480. The molecule has 0 spiro atoms. The molecule has 2 atom stereocenters. The van der Waals surface area contributed by atoms with Crippen LogP contribution in [0.25, 0.3) is 0 Å².